The monoisotopic (exact) mass is 319 g/mol. The number of ether oxygens (including phenoxy) is 1. The van der Waals surface area contributed by atoms with Crippen LogP contribution in [0.2, 0.25) is 0 Å². The van der Waals surface area contributed by atoms with E-state index in [0.717, 1.165) is 16.4 Å². The topological polar surface area (TPSA) is 83.9 Å². The molecule has 0 radical (unpaired) electrons. The Balaban J connectivity index is 3.07. The quantitative estimate of drug-likeness (QED) is 0.824. The second-order valence-electron chi connectivity index (χ2n) is 4.69. The lowest BCUT2D eigenvalue weighted by atomic mass is 10.2. The second-order valence-corrected chi connectivity index (χ2v) is 6.71. The van der Waals surface area contributed by atoms with Crippen LogP contribution in [0.1, 0.15) is 24.2 Å². The Labute approximate surface area is 123 Å². The number of carboxylic acids is 1. The number of hydrogen-bond acceptors (Lipinski definition) is 4. The van der Waals surface area contributed by atoms with Gasteiger partial charge in [0.05, 0.1) is 23.2 Å². The van der Waals surface area contributed by atoms with Crippen molar-refractivity contribution >= 4 is 16.0 Å². The first-order chi connectivity index (χ1) is 9.66. The van der Waals surface area contributed by atoms with E-state index in [0.29, 0.717) is 6.07 Å². The molecule has 1 rings (SSSR count). The summed E-state index contributed by atoms with van der Waals surface area (Å²) in [6.07, 6.45) is -0.0511. The van der Waals surface area contributed by atoms with Gasteiger partial charge < -0.3 is 9.84 Å². The number of carboxylic acid groups (broad SMARTS) is 1. The van der Waals surface area contributed by atoms with Gasteiger partial charge in [-0.3, -0.25) is 0 Å². The molecule has 0 atom stereocenters. The summed E-state index contributed by atoms with van der Waals surface area (Å²) in [5.74, 6) is -2.24. The smallest absolute Gasteiger partial charge is 0.337 e. The summed E-state index contributed by atoms with van der Waals surface area (Å²) in [6, 6.07) is 2.55. The zero-order valence-electron chi connectivity index (χ0n) is 12.0. The maximum absolute atomic E-state index is 13.3. The first kappa shape index (κ1) is 17.5. The third-order valence-electron chi connectivity index (χ3n) is 2.72. The number of hydrogen-bond donors (Lipinski definition) is 1. The molecular weight excluding hydrogens is 301 g/mol. The van der Waals surface area contributed by atoms with E-state index in [9.17, 15) is 17.6 Å². The number of benzene rings is 1. The molecule has 6 nitrogen and oxygen atoms in total. The second kappa shape index (κ2) is 6.97. The molecule has 0 unspecified atom stereocenters. The maximum Gasteiger partial charge on any atom is 0.337 e. The number of carbonyl (C=O) groups is 1. The van der Waals surface area contributed by atoms with Crippen LogP contribution in [0.15, 0.2) is 23.1 Å². The zero-order chi connectivity index (χ0) is 16.2. The van der Waals surface area contributed by atoms with Gasteiger partial charge in [-0.15, -0.1) is 0 Å². The minimum atomic E-state index is -4.10. The molecule has 0 bridgehead atoms. The Morgan fingerprint density at radius 3 is 2.57 bits per heavy atom. The van der Waals surface area contributed by atoms with Crippen molar-refractivity contribution in [1.29, 1.82) is 0 Å². The predicted octanol–water partition coefficient (Wildman–Crippen LogP) is 1.57. The van der Waals surface area contributed by atoms with Gasteiger partial charge in [-0.1, -0.05) is 0 Å². The lowest BCUT2D eigenvalue weighted by Crippen LogP contribution is -2.32. The molecule has 1 aromatic carbocycles. The van der Waals surface area contributed by atoms with Crippen molar-refractivity contribution in [1.82, 2.24) is 4.31 Å². The molecule has 0 aliphatic rings. The summed E-state index contributed by atoms with van der Waals surface area (Å²) in [6.45, 7) is 3.81. The fourth-order valence-corrected chi connectivity index (χ4v) is 2.94. The van der Waals surface area contributed by atoms with Crippen LogP contribution in [-0.2, 0) is 14.8 Å². The SMILES string of the molecule is CC(C)OCCN(C)S(=O)(=O)c1cc(F)ccc1C(=O)O. The van der Waals surface area contributed by atoms with Crippen molar-refractivity contribution in [3.8, 4) is 0 Å². The Morgan fingerprint density at radius 2 is 2.05 bits per heavy atom. The van der Waals surface area contributed by atoms with E-state index in [2.05, 4.69) is 0 Å². The molecular formula is C13H18FNO5S. The molecule has 1 N–H and O–H groups in total. The number of sulfonamides is 1. The number of aromatic carboxylic acids is 1. The van der Waals surface area contributed by atoms with Crippen molar-refractivity contribution in [2.45, 2.75) is 24.8 Å². The highest BCUT2D eigenvalue weighted by atomic mass is 32.2. The van der Waals surface area contributed by atoms with Gasteiger partial charge in [0.2, 0.25) is 10.0 Å². The highest BCUT2D eigenvalue weighted by Gasteiger charge is 2.27. The molecule has 0 saturated heterocycles. The van der Waals surface area contributed by atoms with Crippen molar-refractivity contribution < 1.29 is 27.4 Å². The lowest BCUT2D eigenvalue weighted by molar-refractivity contribution is 0.0692. The third-order valence-corrected chi connectivity index (χ3v) is 4.62. The molecule has 8 heteroatoms. The highest BCUT2D eigenvalue weighted by Crippen LogP contribution is 2.20. The van der Waals surface area contributed by atoms with Crippen LogP contribution < -0.4 is 0 Å². The molecule has 0 spiro atoms. The summed E-state index contributed by atoms with van der Waals surface area (Å²) in [7, 11) is -2.82. The summed E-state index contributed by atoms with van der Waals surface area (Å²) in [5, 5.41) is 9.02. The Kier molecular flexibility index (Phi) is 5.82. The van der Waals surface area contributed by atoms with Crippen LogP contribution in [0.25, 0.3) is 0 Å². The van der Waals surface area contributed by atoms with Crippen LogP contribution in [-0.4, -0.2) is 50.1 Å². The van der Waals surface area contributed by atoms with E-state index in [4.69, 9.17) is 9.84 Å². The Bertz CT molecular complexity index is 615. The van der Waals surface area contributed by atoms with E-state index in [1.54, 1.807) is 0 Å². The van der Waals surface area contributed by atoms with Crippen molar-refractivity contribution in [2.24, 2.45) is 0 Å². The van der Waals surface area contributed by atoms with Crippen molar-refractivity contribution in [3.63, 3.8) is 0 Å². The van der Waals surface area contributed by atoms with E-state index < -0.39 is 32.3 Å². The number of nitrogens with zero attached hydrogens (tertiary/aromatic N) is 1. The van der Waals surface area contributed by atoms with Gasteiger partial charge in [-0.2, -0.15) is 4.31 Å². The molecule has 0 heterocycles. The molecule has 118 valence electrons. The third kappa shape index (κ3) is 4.48. The first-order valence-electron chi connectivity index (χ1n) is 6.27. The predicted molar refractivity (Wildman–Crippen MR) is 74.3 cm³/mol. The van der Waals surface area contributed by atoms with Gasteiger partial charge in [-0.05, 0) is 32.0 Å². The maximum atomic E-state index is 13.3. The minimum Gasteiger partial charge on any atom is -0.478 e. The van der Waals surface area contributed by atoms with Crippen LogP contribution in [0, 0.1) is 5.82 Å². The molecule has 0 fully saturated rings. The molecule has 21 heavy (non-hydrogen) atoms. The van der Waals surface area contributed by atoms with Gasteiger partial charge in [0, 0.05) is 13.6 Å². The number of rotatable bonds is 7. The molecule has 0 amide bonds. The van der Waals surface area contributed by atoms with E-state index in [1.165, 1.54) is 7.05 Å². The minimum absolute atomic E-state index is 0.0378. The molecule has 0 aliphatic heterocycles. The fraction of sp³-hybridized carbons (Fsp3) is 0.462. The number of likely N-dealkylation sites (N-methyl/N-ethyl adjacent to an activating group) is 1. The Morgan fingerprint density at radius 1 is 1.43 bits per heavy atom. The van der Waals surface area contributed by atoms with Crippen LogP contribution in [0.5, 0.6) is 0 Å². The summed E-state index contributed by atoms with van der Waals surface area (Å²) in [4.78, 5) is 10.5. The molecule has 0 saturated carbocycles. The first-order valence-corrected chi connectivity index (χ1v) is 7.71. The van der Waals surface area contributed by atoms with Gasteiger partial charge in [0.15, 0.2) is 0 Å². The fourth-order valence-electron chi connectivity index (χ4n) is 1.59. The molecule has 0 aliphatic carbocycles. The van der Waals surface area contributed by atoms with Crippen molar-refractivity contribution in [3.05, 3.63) is 29.6 Å². The number of halogens is 1. The zero-order valence-corrected chi connectivity index (χ0v) is 12.9. The lowest BCUT2D eigenvalue weighted by Gasteiger charge is -2.19. The normalized spacial score (nSPS) is 12.1. The Hall–Kier alpha value is -1.51. The van der Waals surface area contributed by atoms with Gasteiger partial charge in [0.25, 0.3) is 0 Å². The van der Waals surface area contributed by atoms with Crippen LogP contribution in [0.4, 0.5) is 4.39 Å². The van der Waals surface area contributed by atoms with Gasteiger partial charge in [-0.25, -0.2) is 17.6 Å². The standard InChI is InChI=1S/C13H18FNO5S/c1-9(2)20-7-6-15(3)21(18,19)12-8-10(14)4-5-11(12)13(16)17/h4-5,8-9H,6-7H2,1-3H3,(H,16,17). The highest BCUT2D eigenvalue weighted by molar-refractivity contribution is 7.89. The van der Waals surface area contributed by atoms with Gasteiger partial charge in [0.1, 0.15) is 5.82 Å². The van der Waals surface area contributed by atoms with Gasteiger partial charge >= 0.3 is 5.97 Å². The summed E-state index contributed by atoms with van der Waals surface area (Å²) < 4.78 is 44.1. The largest absolute Gasteiger partial charge is 0.478 e. The van der Waals surface area contributed by atoms with Crippen LogP contribution in [0.3, 0.4) is 0 Å². The summed E-state index contributed by atoms with van der Waals surface area (Å²) >= 11 is 0. The van der Waals surface area contributed by atoms with E-state index in [-0.39, 0.29) is 19.3 Å². The van der Waals surface area contributed by atoms with E-state index >= 15 is 0 Å². The molecule has 0 aromatic heterocycles. The average molecular weight is 319 g/mol. The van der Waals surface area contributed by atoms with Crippen LogP contribution >= 0.6 is 0 Å². The molecule has 1 aromatic rings. The van der Waals surface area contributed by atoms with Crippen molar-refractivity contribution in [2.75, 3.05) is 20.2 Å². The average Bonchev–Trinajstić information content (AvgIpc) is 2.37. The summed E-state index contributed by atoms with van der Waals surface area (Å²) in [5.41, 5.74) is -0.465. The van der Waals surface area contributed by atoms with E-state index in [1.807, 2.05) is 13.8 Å².